The van der Waals surface area contributed by atoms with E-state index in [1.807, 2.05) is 97.9 Å². The number of sulfonamides is 1. The lowest BCUT2D eigenvalue weighted by Gasteiger charge is -2.30. The average molecular weight is 630 g/mol. The van der Waals surface area contributed by atoms with Gasteiger partial charge < -0.3 is 18.9 Å². The number of nitrogens with zero attached hydrogens (tertiary/aromatic N) is 1. The number of rotatable bonds is 14. The van der Waals surface area contributed by atoms with Crippen molar-refractivity contribution >= 4 is 16.0 Å². The third-order valence-corrected chi connectivity index (χ3v) is 9.73. The van der Waals surface area contributed by atoms with Crippen LogP contribution in [0, 0.1) is 6.92 Å². The fraction of sp³-hybridized carbons (Fsp3) is 0.306. The first-order chi connectivity index (χ1) is 21.8. The Labute approximate surface area is 265 Å². The number of esters is 1. The molecule has 0 unspecified atom stereocenters. The van der Waals surface area contributed by atoms with Gasteiger partial charge in [-0.2, -0.15) is 4.31 Å². The van der Waals surface area contributed by atoms with Crippen LogP contribution in [0.5, 0.6) is 0 Å². The number of aryl methyl sites for hydroxylation is 1. The molecule has 9 heteroatoms. The SMILES string of the molecule is CC(=O)OC[C@H]1[C@@H](OCc2ccccc2)[C@H](OCc2ccccc2)[C@H](COCc2ccccc2)N1S(=O)(=O)c1ccc(C)cc1. The lowest BCUT2D eigenvalue weighted by Crippen LogP contribution is -2.48. The molecule has 1 aliphatic rings. The van der Waals surface area contributed by atoms with Gasteiger partial charge in [0.25, 0.3) is 0 Å². The standard InChI is InChI=1S/C36H39NO7S/c1-27-18-20-32(21-19-27)45(39,40)37-33(25-41-22-29-12-6-3-7-13-29)35(43-23-30-14-8-4-9-15-30)36(34(37)26-42-28(2)38)44-24-31-16-10-5-11-17-31/h3-21,33-36H,22-26H2,1-2H3/t33-,34-,35+,36+/m0/s1. The Hall–Kier alpha value is -3.86. The molecule has 0 amide bonds. The highest BCUT2D eigenvalue weighted by Crippen LogP contribution is 2.37. The van der Waals surface area contributed by atoms with E-state index >= 15 is 0 Å². The molecule has 1 saturated heterocycles. The van der Waals surface area contributed by atoms with Crippen LogP contribution in [0.4, 0.5) is 0 Å². The quantitative estimate of drug-likeness (QED) is 0.166. The van der Waals surface area contributed by atoms with E-state index < -0.39 is 40.3 Å². The minimum absolute atomic E-state index is 0.0290. The molecule has 0 aliphatic carbocycles. The van der Waals surface area contributed by atoms with E-state index in [9.17, 15) is 13.2 Å². The molecule has 1 aliphatic heterocycles. The number of ether oxygens (including phenoxy) is 4. The van der Waals surface area contributed by atoms with Gasteiger partial charge in [0, 0.05) is 6.92 Å². The maximum absolute atomic E-state index is 14.5. The predicted molar refractivity (Wildman–Crippen MR) is 171 cm³/mol. The number of hydrogen-bond donors (Lipinski definition) is 0. The topological polar surface area (TPSA) is 91.4 Å². The van der Waals surface area contributed by atoms with E-state index in [0.29, 0.717) is 0 Å². The van der Waals surface area contributed by atoms with Gasteiger partial charge in [0.1, 0.15) is 18.8 Å². The molecule has 0 aromatic heterocycles. The van der Waals surface area contributed by atoms with Crippen LogP contribution in [-0.2, 0) is 53.6 Å². The third kappa shape index (κ3) is 8.45. The van der Waals surface area contributed by atoms with Crippen LogP contribution in [0.1, 0.15) is 29.2 Å². The lowest BCUT2D eigenvalue weighted by atomic mass is 10.1. The summed E-state index contributed by atoms with van der Waals surface area (Å²) in [6.45, 7) is 3.75. The van der Waals surface area contributed by atoms with Crippen LogP contribution in [0.25, 0.3) is 0 Å². The summed E-state index contributed by atoms with van der Waals surface area (Å²) in [5.74, 6) is -0.518. The predicted octanol–water partition coefficient (Wildman–Crippen LogP) is 5.69. The van der Waals surface area contributed by atoms with Crippen LogP contribution in [0.3, 0.4) is 0 Å². The molecule has 5 rings (SSSR count). The summed E-state index contributed by atoms with van der Waals surface area (Å²) in [4.78, 5) is 12.2. The highest BCUT2D eigenvalue weighted by Gasteiger charge is 2.56. The molecule has 4 atom stereocenters. The smallest absolute Gasteiger partial charge is 0.302 e. The minimum atomic E-state index is -4.13. The van der Waals surface area contributed by atoms with Crippen molar-refractivity contribution < 1.29 is 32.2 Å². The van der Waals surface area contributed by atoms with Crippen molar-refractivity contribution in [3.8, 4) is 0 Å². The monoisotopic (exact) mass is 629 g/mol. The number of carbonyl (C=O) groups excluding carboxylic acids is 1. The van der Waals surface area contributed by atoms with Crippen LogP contribution >= 0.6 is 0 Å². The fourth-order valence-electron chi connectivity index (χ4n) is 5.52. The van der Waals surface area contributed by atoms with Crippen LogP contribution in [-0.4, -0.2) is 56.2 Å². The van der Waals surface area contributed by atoms with Crippen molar-refractivity contribution in [2.24, 2.45) is 0 Å². The summed E-state index contributed by atoms with van der Waals surface area (Å²) in [5, 5.41) is 0. The molecule has 0 radical (unpaired) electrons. The van der Waals surface area contributed by atoms with E-state index in [4.69, 9.17) is 18.9 Å². The Kier molecular flexibility index (Phi) is 11.2. The Morgan fingerprint density at radius 1 is 0.644 bits per heavy atom. The normalized spacial score (nSPS) is 20.2. The zero-order valence-corrected chi connectivity index (χ0v) is 26.3. The molecular formula is C36H39NO7S. The molecule has 8 nitrogen and oxygen atoms in total. The largest absolute Gasteiger partial charge is 0.464 e. The van der Waals surface area contributed by atoms with Gasteiger partial charge in [-0.15, -0.1) is 0 Å². The highest BCUT2D eigenvalue weighted by molar-refractivity contribution is 7.89. The Morgan fingerprint density at radius 3 is 1.56 bits per heavy atom. The first-order valence-corrected chi connectivity index (χ1v) is 16.4. The molecule has 4 aromatic rings. The van der Waals surface area contributed by atoms with E-state index in [-0.39, 0.29) is 37.9 Å². The third-order valence-electron chi connectivity index (χ3n) is 7.76. The minimum Gasteiger partial charge on any atom is -0.464 e. The van der Waals surface area contributed by atoms with E-state index in [1.54, 1.807) is 24.3 Å². The molecular weight excluding hydrogens is 590 g/mol. The summed E-state index contributed by atoms with van der Waals surface area (Å²) in [6, 6.07) is 34.0. The molecule has 1 heterocycles. The highest BCUT2D eigenvalue weighted by atomic mass is 32.2. The first kappa shape index (κ1) is 32.5. The maximum Gasteiger partial charge on any atom is 0.302 e. The molecule has 0 N–H and O–H groups in total. The Bertz CT molecular complexity index is 1600. The Morgan fingerprint density at radius 2 is 1.09 bits per heavy atom. The molecule has 0 bridgehead atoms. The van der Waals surface area contributed by atoms with Crippen molar-refractivity contribution in [1.82, 2.24) is 4.31 Å². The second kappa shape index (κ2) is 15.4. The van der Waals surface area contributed by atoms with E-state index in [0.717, 1.165) is 22.3 Å². The van der Waals surface area contributed by atoms with Crippen LogP contribution < -0.4 is 0 Å². The summed E-state index contributed by atoms with van der Waals surface area (Å²) >= 11 is 0. The summed E-state index contributed by atoms with van der Waals surface area (Å²) in [7, 11) is -4.13. The summed E-state index contributed by atoms with van der Waals surface area (Å²) in [6.07, 6.45) is -1.52. The molecule has 236 valence electrons. The lowest BCUT2D eigenvalue weighted by molar-refractivity contribution is -0.144. The van der Waals surface area contributed by atoms with Crippen molar-refractivity contribution in [3.05, 3.63) is 138 Å². The molecule has 45 heavy (non-hydrogen) atoms. The zero-order valence-electron chi connectivity index (χ0n) is 25.5. The van der Waals surface area contributed by atoms with Crippen molar-refractivity contribution in [2.75, 3.05) is 13.2 Å². The van der Waals surface area contributed by atoms with Crippen LogP contribution in [0.2, 0.25) is 0 Å². The van der Waals surface area contributed by atoms with Gasteiger partial charge in [0.15, 0.2) is 0 Å². The van der Waals surface area contributed by atoms with Crippen LogP contribution in [0.15, 0.2) is 120 Å². The van der Waals surface area contributed by atoms with E-state index in [1.165, 1.54) is 11.2 Å². The molecule has 0 spiro atoms. The maximum atomic E-state index is 14.5. The van der Waals surface area contributed by atoms with Gasteiger partial charge in [-0.05, 0) is 35.7 Å². The molecule has 1 fully saturated rings. The first-order valence-electron chi connectivity index (χ1n) is 15.0. The second-order valence-corrected chi connectivity index (χ2v) is 13.0. The van der Waals surface area contributed by atoms with Gasteiger partial charge in [-0.1, -0.05) is 109 Å². The van der Waals surface area contributed by atoms with E-state index in [2.05, 4.69) is 0 Å². The van der Waals surface area contributed by atoms with Gasteiger partial charge in [0.2, 0.25) is 10.0 Å². The Balaban J connectivity index is 1.54. The fourth-order valence-corrected chi connectivity index (χ4v) is 7.32. The molecule has 0 saturated carbocycles. The second-order valence-electron chi connectivity index (χ2n) is 11.1. The number of hydrogen-bond acceptors (Lipinski definition) is 7. The summed E-state index contributed by atoms with van der Waals surface area (Å²) < 4.78 is 55.2. The van der Waals surface area contributed by atoms with Crippen molar-refractivity contribution in [3.63, 3.8) is 0 Å². The molecule has 4 aromatic carbocycles. The van der Waals surface area contributed by atoms with Gasteiger partial charge in [-0.25, -0.2) is 8.42 Å². The summed E-state index contributed by atoms with van der Waals surface area (Å²) in [5.41, 5.74) is 3.74. The van der Waals surface area contributed by atoms with Gasteiger partial charge in [0.05, 0.1) is 43.4 Å². The average Bonchev–Trinajstić information content (AvgIpc) is 3.36. The number of carbonyl (C=O) groups is 1. The van der Waals surface area contributed by atoms with Crippen molar-refractivity contribution in [2.45, 2.75) is 62.9 Å². The number of benzene rings is 4. The van der Waals surface area contributed by atoms with Gasteiger partial charge >= 0.3 is 5.97 Å². The van der Waals surface area contributed by atoms with Crippen molar-refractivity contribution in [1.29, 1.82) is 0 Å². The zero-order chi connectivity index (χ0) is 31.6. The van der Waals surface area contributed by atoms with Gasteiger partial charge in [-0.3, -0.25) is 4.79 Å².